The highest BCUT2D eigenvalue weighted by molar-refractivity contribution is 9.10. The number of methoxy groups -OCH3 is 1. The van der Waals surface area contributed by atoms with Gasteiger partial charge >= 0.3 is 0 Å². The first-order valence-electron chi connectivity index (χ1n) is 6.82. The molecular formula is C16H12BrFN2O3S. The maximum absolute atomic E-state index is 13.8. The molecule has 3 rings (SSSR count). The Morgan fingerprint density at radius 3 is 2.75 bits per heavy atom. The van der Waals surface area contributed by atoms with Crippen molar-refractivity contribution in [1.82, 2.24) is 4.98 Å². The quantitative estimate of drug-likeness (QED) is 0.706. The predicted octanol–water partition coefficient (Wildman–Crippen LogP) is 3.95. The molecule has 0 aliphatic heterocycles. The van der Waals surface area contributed by atoms with Gasteiger partial charge in [-0.3, -0.25) is 9.71 Å². The highest BCUT2D eigenvalue weighted by Crippen LogP contribution is 2.31. The monoisotopic (exact) mass is 410 g/mol. The van der Waals surface area contributed by atoms with Crippen molar-refractivity contribution < 1.29 is 17.5 Å². The van der Waals surface area contributed by atoms with Gasteiger partial charge in [0.1, 0.15) is 17.1 Å². The minimum absolute atomic E-state index is 0.00147. The number of ether oxygens (including phenoxy) is 1. The van der Waals surface area contributed by atoms with E-state index in [9.17, 15) is 12.8 Å². The Morgan fingerprint density at radius 1 is 1.21 bits per heavy atom. The molecular weight excluding hydrogens is 399 g/mol. The summed E-state index contributed by atoms with van der Waals surface area (Å²) in [7, 11) is -2.52. The Bertz CT molecular complexity index is 1030. The lowest BCUT2D eigenvalue weighted by Crippen LogP contribution is -2.14. The van der Waals surface area contributed by atoms with Gasteiger partial charge < -0.3 is 4.74 Å². The highest BCUT2D eigenvalue weighted by Gasteiger charge is 2.21. The van der Waals surface area contributed by atoms with E-state index in [0.717, 1.165) is 6.07 Å². The summed E-state index contributed by atoms with van der Waals surface area (Å²) in [5.74, 6) is -0.212. The number of halogens is 2. The molecule has 3 aromatic rings. The molecule has 0 aliphatic carbocycles. The van der Waals surface area contributed by atoms with Gasteiger partial charge in [0.25, 0.3) is 10.0 Å². The van der Waals surface area contributed by atoms with Crippen molar-refractivity contribution in [3.8, 4) is 5.75 Å². The van der Waals surface area contributed by atoms with Crippen LogP contribution in [0.5, 0.6) is 5.75 Å². The first-order chi connectivity index (χ1) is 11.4. The number of aromatic nitrogens is 1. The third-order valence-corrected chi connectivity index (χ3v) is 5.29. The number of hydrogen-bond donors (Lipinski definition) is 1. The van der Waals surface area contributed by atoms with E-state index in [1.807, 2.05) is 0 Å². The summed E-state index contributed by atoms with van der Waals surface area (Å²) in [5, 5.41) is 0.207. The fourth-order valence-corrected chi connectivity index (χ4v) is 3.93. The van der Waals surface area contributed by atoms with Gasteiger partial charge in [-0.15, -0.1) is 0 Å². The van der Waals surface area contributed by atoms with Crippen LogP contribution in [-0.4, -0.2) is 20.5 Å². The summed E-state index contributed by atoms with van der Waals surface area (Å²) in [4.78, 5) is 3.85. The van der Waals surface area contributed by atoms with Crippen LogP contribution < -0.4 is 9.46 Å². The van der Waals surface area contributed by atoms with Gasteiger partial charge in [-0.1, -0.05) is 15.9 Å². The van der Waals surface area contributed by atoms with E-state index in [2.05, 4.69) is 25.6 Å². The van der Waals surface area contributed by atoms with Crippen LogP contribution in [0.2, 0.25) is 0 Å². The lowest BCUT2D eigenvalue weighted by atomic mass is 10.2. The molecule has 1 heterocycles. The smallest absolute Gasteiger partial charge is 0.262 e. The van der Waals surface area contributed by atoms with Crippen molar-refractivity contribution in [2.75, 3.05) is 11.8 Å². The van der Waals surface area contributed by atoms with Gasteiger partial charge in [0, 0.05) is 16.1 Å². The van der Waals surface area contributed by atoms with Crippen molar-refractivity contribution in [3.63, 3.8) is 0 Å². The molecule has 0 atom stereocenters. The Balaban J connectivity index is 2.13. The Labute approximate surface area is 146 Å². The van der Waals surface area contributed by atoms with Crippen LogP contribution in [0, 0.1) is 5.82 Å². The molecule has 0 unspecified atom stereocenters. The van der Waals surface area contributed by atoms with Crippen LogP contribution in [0.3, 0.4) is 0 Å². The average molecular weight is 411 g/mol. The number of sulfonamides is 1. The molecule has 0 radical (unpaired) electrons. The Hall–Kier alpha value is -2.19. The second-order valence-electron chi connectivity index (χ2n) is 4.90. The normalized spacial score (nSPS) is 11.5. The summed E-state index contributed by atoms with van der Waals surface area (Å²) < 4.78 is 47.7. The zero-order chi connectivity index (χ0) is 17.3. The van der Waals surface area contributed by atoms with E-state index >= 15 is 0 Å². The van der Waals surface area contributed by atoms with Gasteiger partial charge in [0.2, 0.25) is 0 Å². The second-order valence-corrected chi connectivity index (χ2v) is 7.46. The number of pyridine rings is 1. The maximum Gasteiger partial charge on any atom is 0.262 e. The molecule has 0 bridgehead atoms. The molecule has 8 heteroatoms. The van der Waals surface area contributed by atoms with Crippen molar-refractivity contribution in [2.24, 2.45) is 0 Å². The van der Waals surface area contributed by atoms with E-state index in [0.29, 0.717) is 10.2 Å². The van der Waals surface area contributed by atoms with Gasteiger partial charge in [-0.05, 0) is 42.5 Å². The first kappa shape index (κ1) is 16.7. The van der Waals surface area contributed by atoms with E-state index < -0.39 is 15.8 Å². The summed E-state index contributed by atoms with van der Waals surface area (Å²) in [6.45, 7) is 0. The SMILES string of the molecule is COc1ccc(Br)cc1NS(=O)(=O)c1ccc(F)c2ncccc12. The van der Waals surface area contributed by atoms with Crippen molar-refractivity contribution in [3.05, 3.63) is 59.0 Å². The second kappa shape index (κ2) is 6.37. The van der Waals surface area contributed by atoms with E-state index in [4.69, 9.17) is 4.74 Å². The first-order valence-corrected chi connectivity index (χ1v) is 9.09. The van der Waals surface area contributed by atoms with Crippen LogP contribution in [0.1, 0.15) is 0 Å². The zero-order valence-electron chi connectivity index (χ0n) is 12.5. The lowest BCUT2D eigenvalue weighted by Gasteiger charge is -2.13. The van der Waals surface area contributed by atoms with Crippen molar-refractivity contribution >= 4 is 42.5 Å². The number of nitrogens with one attached hydrogen (secondary N) is 1. The van der Waals surface area contributed by atoms with Crippen LogP contribution in [0.15, 0.2) is 58.0 Å². The van der Waals surface area contributed by atoms with E-state index in [-0.39, 0.29) is 21.5 Å². The van der Waals surface area contributed by atoms with Gasteiger partial charge in [-0.2, -0.15) is 0 Å². The molecule has 0 saturated carbocycles. The number of anilines is 1. The minimum Gasteiger partial charge on any atom is -0.495 e. The topological polar surface area (TPSA) is 68.3 Å². The summed E-state index contributed by atoms with van der Waals surface area (Å²) in [6, 6.07) is 10.3. The fourth-order valence-electron chi connectivity index (χ4n) is 2.31. The lowest BCUT2D eigenvalue weighted by molar-refractivity contribution is 0.417. The molecule has 0 aliphatic rings. The molecule has 0 fully saturated rings. The number of nitrogens with zero attached hydrogens (tertiary/aromatic N) is 1. The molecule has 124 valence electrons. The average Bonchev–Trinajstić information content (AvgIpc) is 2.55. The molecule has 1 aromatic heterocycles. The molecule has 0 spiro atoms. The third-order valence-electron chi connectivity index (χ3n) is 3.38. The fraction of sp³-hybridized carbons (Fsp3) is 0.0625. The Kier molecular flexibility index (Phi) is 4.42. The number of hydrogen-bond acceptors (Lipinski definition) is 4. The van der Waals surface area contributed by atoms with Gasteiger partial charge in [0.15, 0.2) is 0 Å². The molecule has 1 N–H and O–H groups in total. The van der Waals surface area contributed by atoms with E-state index in [1.54, 1.807) is 24.3 Å². The maximum atomic E-state index is 13.8. The van der Waals surface area contributed by atoms with Gasteiger partial charge in [0.05, 0.1) is 17.7 Å². The summed E-state index contributed by atoms with van der Waals surface area (Å²) >= 11 is 3.29. The van der Waals surface area contributed by atoms with Crippen LogP contribution >= 0.6 is 15.9 Å². The van der Waals surface area contributed by atoms with Crippen LogP contribution in [0.4, 0.5) is 10.1 Å². The summed E-state index contributed by atoms with van der Waals surface area (Å²) in [5.41, 5.74) is 0.273. The zero-order valence-corrected chi connectivity index (χ0v) is 14.9. The summed E-state index contributed by atoms with van der Waals surface area (Å²) in [6.07, 6.45) is 1.41. The Morgan fingerprint density at radius 2 is 2.00 bits per heavy atom. The third kappa shape index (κ3) is 3.07. The van der Waals surface area contributed by atoms with Crippen LogP contribution in [-0.2, 0) is 10.0 Å². The predicted molar refractivity (Wildman–Crippen MR) is 93.2 cm³/mol. The van der Waals surface area contributed by atoms with Crippen molar-refractivity contribution in [2.45, 2.75) is 4.90 Å². The standard InChI is InChI=1S/C16H12BrFN2O3S/c1-23-14-6-4-10(17)9-13(14)20-24(21,22)15-7-5-12(18)16-11(15)3-2-8-19-16/h2-9,20H,1H3. The van der Waals surface area contributed by atoms with Crippen molar-refractivity contribution in [1.29, 1.82) is 0 Å². The van der Waals surface area contributed by atoms with Gasteiger partial charge in [-0.25, -0.2) is 12.8 Å². The molecule has 0 amide bonds. The van der Waals surface area contributed by atoms with Crippen LogP contribution in [0.25, 0.3) is 10.9 Å². The highest BCUT2D eigenvalue weighted by atomic mass is 79.9. The molecule has 2 aromatic carbocycles. The molecule has 5 nitrogen and oxygen atoms in total. The largest absolute Gasteiger partial charge is 0.495 e. The number of fused-ring (bicyclic) bond motifs is 1. The number of rotatable bonds is 4. The molecule has 24 heavy (non-hydrogen) atoms. The number of benzene rings is 2. The van der Waals surface area contributed by atoms with E-state index in [1.165, 1.54) is 25.4 Å². The molecule has 0 saturated heterocycles. The minimum atomic E-state index is -3.96.